The molecule has 27 heavy (non-hydrogen) atoms. The molecule has 2 unspecified atom stereocenters. The zero-order valence-electron chi connectivity index (χ0n) is 14.8. The third kappa shape index (κ3) is 2.76. The number of aromatic amines is 1. The Kier molecular flexibility index (Phi) is 3.84. The van der Waals surface area contributed by atoms with Gasteiger partial charge in [0.2, 0.25) is 5.95 Å². The van der Waals surface area contributed by atoms with Gasteiger partial charge in [0.15, 0.2) is 5.82 Å². The van der Waals surface area contributed by atoms with Gasteiger partial charge in [-0.15, -0.1) is 5.92 Å². The third-order valence-corrected chi connectivity index (χ3v) is 6.18. The Hall–Kier alpha value is -2.57. The second-order valence-corrected chi connectivity index (χ2v) is 7.65. The minimum atomic E-state index is -0.554. The summed E-state index contributed by atoms with van der Waals surface area (Å²) in [5, 5.41) is 3.89. The van der Waals surface area contributed by atoms with Crippen LogP contribution in [-0.2, 0) is 0 Å². The quantitative estimate of drug-likeness (QED) is 0.675. The van der Waals surface area contributed by atoms with Gasteiger partial charge in [-0.25, -0.2) is 23.7 Å². The van der Waals surface area contributed by atoms with Gasteiger partial charge in [0.05, 0.1) is 12.4 Å². The predicted molar refractivity (Wildman–Crippen MR) is 98.7 cm³/mol. The number of nitrogens with one attached hydrogen (secondary N) is 2. The summed E-state index contributed by atoms with van der Waals surface area (Å²) in [7, 11) is 0. The highest BCUT2D eigenvalue weighted by molar-refractivity contribution is 5.92. The van der Waals surface area contributed by atoms with Crippen molar-refractivity contribution in [2.45, 2.75) is 31.7 Å². The second-order valence-electron chi connectivity index (χ2n) is 7.65. The first-order valence-corrected chi connectivity index (χ1v) is 9.35. The highest BCUT2D eigenvalue weighted by Gasteiger charge is 2.38. The average molecular weight is 368 g/mol. The van der Waals surface area contributed by atoms with Gasteiger partial charge in [0, 0.05) is 23.2 Å². The van der Waals surface area contributed by atoms with E-state index in [1.807, 2.05) is 0 Å². The van der Waals surface area contributed by atoms with Crippen LogP contribution >= 0.6 is 0 Å². The lowest BCUT2D eigenvalue weighted by Gasteiger charge is -2.51. The lowest BCUT2D eigenvalue weighted by atomic mass is 9.62. The summed E-state index contributed by atoms with van der Waals surface area (Å²) in [4.78, 5) is 15.5. The molecule has 0 amide bonds. The maximum atomic E-state index is 14.5. The SMILES string of the molecule is [CH2-]C1C2CCC(CC2)C1Nc1ncc(F)c(-c2c[nH]c3ncc(F)cc23)n1. The third-order valence-electron chi connectivity index (χ3n) is 6.18. The van der Waals surface area contributed by atoms with Crippen LogP contribution in [0.1, 0.15) is 25.7 Å². The molecule has 3 fully saturated rings. The van der Waals surface area contributed by atoms with E-state index in [1.54, 1.807) is 6.20 Å². The molecule has 3 saturated carbocycles. The zero-order valence-corrected chi connectivity index (χ0v) is 14.8. The molecular weight excluding hydrogens is 348 g/mol. The topological polar surface area (TPSA) is 66.5 Å². The van der Waals surface area contributed by atoms with Crippen LogP contribution in [0.5, 0.6) is 0 Å². The largest absolute Gasteiger partial charge is 0.354 e. The maximum absolute atomic E-state index is 14.5. The van der Waals surface area contributed by atoms with Crippen molar-refractivity contribution in [3.8, 4) is 11.3 Å². The normalized spacial score (nSPS) is 27.2. The van der Waals surface area contributed by atoms with Gasteiger partial charge in [0.25, 0.3) is 0 Å². The first-order valence-electron chi connectivity index (χ1n) is 9.35. The van der Waals surface area contributed by atoms with Gasteiger partial charge in [-0.05, 0) is 24.8 Å². The summed E-state index contributed by atoms with van der Waals surface area (Å²) in [5.41, 5.74) is 1.09. The van der Waals surface area contributed by atoms with Gasteiger partial charge in [0.1, 0.15) is 17.2 Å². The molecule has 6 rings (SSSR count). The summed E-state index contributed by atoms with van der Waals surface area (Å²) in [6, 6.07) is 1.53. The molecule has 2 bridgehead atoms. The maximum Gasteiger partial charge on any atom is 0.223 e. The Morgan fingerprint density at radius 1 is 1.07 bits per heavy atom. The van der Waals surface area contributed by atoms with Gasteiger partial charge in [-0.1, -0.05) is 18.8 Å². The van der Waals surface area contributed by atoms with Crippen molar-refractivity contribution in [2.75, 3.05) is 5.32 Å². The molecule has 0 spiro atoms. The van der Waals surface area contributed by atoms with Crippen LogP contribution in [0.4, 0.5) is 14.7 Å². The number of hydrogen-bond donors (Lipinski definition) is 2. The van der Waals surface area contributed by atoms with Crippen molar-refractivity contribution in [1.29, 1.82) is 0 Å². The minimum absolute atomic E-state index is 0.132. The van der Waals surface area contributed by atoms with Crippen molar-refractivity contribution in [3.63, 3.8) is 0 Å². The highest BCUT2D eigenvalue weighted by Crippen LogP contribution is 2.45. The Morgan fingerprint density at radius 3 is 2.63 bits per heavy atom. The number of halogens is 2. The molecule has 3 aliphatic rings. The lowest BCUT2D eigenvalue weighted by molar-refractivity contribution is 0.108. The molecule has 0 aliphatic heterocycles. The number of rotatable bonds is 3. The van der Waals surface area contributed by atoms with Crippen LogP contribution in [0, 0.1) is 36.3 Å². The van der Waals surface area contributed by atoms with E-state index in [0.717, 1.165) is 12.4 Å². The van der Waals surface area contributed by atoms with Crippen molar-refractivity contribution < 1.29 is 8.78 Å². The van der Waals surface area contributed by atoms with E-state index in [4.69, 9.17) is 0 Å². The predicted octanol–water partition coefficient (Wildman–Crippen LogP) is 4.35. The first kappa shape index (κ1) is 16.6. The van der Waals surface area contributed by atoms with Crippen molar-refractivity contribution in [3.05, 3.63) is 43.2 Å². The van der Waals surface area contributed by atoms with Gasteiger partial charge < -0.3 is 17.2 Å². The molecule has 3 aromatic rings. The van der Waals surface area contributed by atoms with E-state index < -0.39 is 11.6 Å². The zero-order chi connectivity index (χ0) is 18.5. The van der Waals surface area contributed by atoms with Crippen LogP contribution in [0.25, 0.3) is 22.3 Å². The molecule has 2 N–H and O–H groups in total. The molecule has 3 heterocycles. The molecule has 140 valence electrons. The van der Waals surface area contributed by atoms with E-state index in [9.17, 15) is 8.78 Å². The molecular formula is C20H20F2N5-. The fourth-order valence-corrected chi connectivity index (χ4v) is 4.75. The number of pyridine rings is 1. The average Bonchev–Trinajstić information content (AvgIpc) is 3.09. The number of H-pyrrole nitrogens is 1. The standard InChI is InChI=1S/C20H20F2N5/c1-10-11-2-4-12(5-3-11)17(10)26-20-25-9-16(22)18(27-20)15-8-24-19-14(15)6-13(21)7-23-19/h6-12,17H,1-5H2,(H,23,24)(H,25,26,27)/q-1. The number of nitrogens with zero attached hydrogens (tertiary/aromatic N) is 3. The number of aromatic nitrogens is 4. The Labute approximate surface area is 155 Å². The lowest BCUT2D eigenvalue weighted by Crippen LogP contribution is -2.47. The van der Waals surface area contributed by atoms with Crippen LogP contribution in [0.15, 0.2) is 24.7 Å². The number of fused-ring (bicyclic) bond motifs is 4. The molecule has 5 nitrogen and oxygen atoms in total. The smallest absolute Gasteiger partial charge is 0.223 e. The summed E-state index contributed by atoms with van der Waals surface area (Å²) in [6.07, 6.45) is 8.74. The number of hydrogen-bond acceptors (Lipinski definition) is 4. The van der Waals surface area contributed by atoms with Crippen LogP contribution in [0.2, 0.25) is 0 Å². The van der Waals surface area contributed by atoms with Gasteiger partial charge >= 0.3 is 0 Å². The Bertz CT molecular complexity index is 991. The van der Waals surface area contributed by atoms with E-state index in [2.05, 4.69) is 32.2 Å². The minimum Gasteiger partial charge on any atom is -0.354 e. The van der Waals surface area contributed by atoms with E-state index in [1.165, 1.54) is 31.7 Å². The molecule has 0 saturated heterocycles. The molecule has 0 radical (unpaired) electrons. The molecule has 3 aromatic heterocycles. The summed E-state index contributed by atoms with van der Waals surface area (Å²) in [6.45, 7) is 4.35. The summed E-state index contributed by atoms with van der Waals surface area (Å²) >= 11 is 0. The monoisotopic (exact) mass is 368 g/mol. The van der Waals surface area contributed by atoms with Gasteiger partial charge in [-0.2, -0.15) is 0 Å². The van der Waals surface area contributed by atoms with Crippen molar-refractivity contribution in [1.82, 2.24) is 19.9 Å². The molecule has 0 aromatic carbocycles. The Morgan fingerprint density at radius 2 is 1.85 bits per heavy atom. The van der Waals surface area contributed by atoms with Crippen LogP contribution in [0.3, 0.4) is 0 Å². The van der Waals surface area contributed by atoms with E-state index in [-0.39, 0.29) is 11.7 Å². The first-order chi connectivity index (χ1) is 13.1. The fourth-order valence-electron chi connectivity index (χ4n) is 4.75. The molecule has 3 aliphatic carbocycles. The number of anilines is 1. The Balaban J connectivity index is 1.50. The van der Waals surface area contributed by atoms with Crippen molar-refractivity contribution >= 4 is 17.0 Å². The summed E-state index contributed by atoms with van der Waals surface area (Å²) in [5.74, 6) is 0.852. The molecule has 2 atom stereocenters. The van der Waals surface area contributed by atoms with Crippen LogP contribution < -0.4 is 5.32 Å². The van der Waals surface area contributed by atoms with E-state index >= 15 is 0 Å². The summed E-state index contributed by atoms with van der Waals surface area (Å²) < 4.78 is 28.1. The van der Waals surface area contributed by atoms with Crippen LogP contribution in [-0.4, -0.2) is 26.0 Å². The highest BCUT2D eigenvalue weighted by atomic mass is 19.1. The second kappa shape index (κ2) is 6.25. The van der Waals surface area contributed by atoms with Gasteiger partial charge in [-0.3, -0.25) is 0 Å². The van der Waals surface area contributed by atoms with Crippen molar-refractivity contribution in [2.24, 2.45) is 17.8 Å². The molecule has 7 heteroatoms. The fraction of sp³-hybridized carbons (Fsp3) is 0.400. The van der Waals surface area contributed by atoms with E-state index in [0.29, 0.717) is 40.3 Å².